The van der Waals surface area contributed by atoms with Crippen molar-refractivity contribution in [1.29, 1.82) is 0 Å². The van der Waals surface area contributed by atoms with Crippen LogP contribution in [-0.2, 0) is 4.74 Å². The maximum absolute atomic E-state index is 5.84. The van der Waals surface area contributed by atoms with E-state index in [1.807, 2.05) is 12.1 Å². The van der Waals surface area contributed by atoms with E-state index < -0.39 is 0 Å². The first-order valence-electron chi connectivity index (χ1n) is 5.95. The molecule has 1 saturated heterocycles. The second-order valence-corrected chi connectivity index (χ2v) is 4.47. The molecule has 1 heterocycles. The molecule has 0 saturated carbocycles. The topological polar surface area (TPSA) is 38.5 Å². The predicted molar refractivity (Wildman–Crippen MR) is 67.7 cm³/mol. The minimum Gasteiger partial charge on any atom is -0.399 e. The molecule has 88 valence electrons. The van der Waals surface area contributed by atoms with Crippen LogP contribution in [0.2, 0.25) is 0 Å². The largest absolute Gasteiger partial charge is 0.399 e. The SMILES string of the molecule is CCC1CN(c2ccc(N)cc2)CC(C)O1. The molecule has 2 unspecified atom stereocenters. The van der Waals surface area contributed by atoms with Gasteiger partial charge in [0.25, 0.3) is 0 Å². The third-order valence-electron chi connectivity index (χ3n) is 3.04. The zero-order chi connectivity index (χ0) is 11.5. The molecule has 0 radical (unpaired) electrons. The number of nitrogens with two attached hydrogens (primary N) is 1. The van der Waals surface area contributed by atoms with E-state index in [2.05, 4.69) is 30.9 Å². The minimum atomic E-state index is 0.302. The second-order valence-electron chi connectivity index (χ2n) is 4.47. The molecule has 2 atom stereocenters. The van der Waals surface area contributed by atoms with Crippen molar-refractivity contribution >= 4 is 11.4 Å². The Labute approximate surface area is 97.2 Å². The molecule has 16 heavy (non-hydrogen) atoms. The molecule has 0 amide bonds. The molecular weight excluding hydrogens is 200 g/mol. The van der Waals surface area contributed by atoms with Crippen molar-refractivity contribution < 1.29 is 4.74 Å². The molecule has 3 heteroatoms. The number of hydrogen-bond acceptors (Lipinski definition) is 3. The lowest BCUT2D eigenvalue weighted by atomic mass is 10.1. The highest BCUT2D eigenvalue weighted by atomic mass is 16.5. The Kier molecular flexibility index (Phi) is 3.34. The Bertz CT molecular complexity index is 336. The first-order chi connectivity index (χ1) is 7.69. The van der Waals surface area contributed by atoms with Gasteiger partial charge in [-0.3, -0.25) is 0 Å². The number of nitrogen functional groups attached to an aromatic ring is 1. The number of benzene rings is 1. The van der Waals surface area contributed by atoms with Crippen LogP contribution in [0, 0.1) is 0 Å². The molecule has 1 aliphatic heterocycles. The van der Waals surface area contributed by atoms with E-state index in [-0.39, 0.29) is 0 Å². The summed E-state index contributed by atoms with van der Waals surface area (Å²) in [7, 11) is 0. The van der Waals surface area contributed by atoms with E-state index in [9.17, 15) is 0 Å². The van der Waals surface area contributed by atoms with E-state index in [0.29, 0.717) is 12.2 Å². The minimum absolute atomic E-state index is 0.302. The highest BCUT2D eigenvalue weighted by molar-refractivity contribution is 5.53. The van der Waals surface area contributed by atoms with E-state index in [4.69, 9.17) is 10.5 Å². The van der Waals surface area contributed by atoms with Gasteiger partial charge in [0.15, 0.2) is 0 Å². The van der Waals surface area contributed by atoms with Crippen LogP contribution in [0.1, 0.15) is 20.3 Å². The molecule has 3 nitrogen and oxygen atoms in total. The standard InChI is InChI=1S/C13H20N2O/c1-3-13-9-15(8-10(2)16-13)12-6-4-11(14)5-7-12/h4-7,10,13H,3,8-9,14H2,1-2H3. The summed E-state index contributed by atoms with van der Waals surface area (Å²) in [5.41, 5.74) is 7.75. The van der Waals surface area contributed by atoms with Crippen LogP contribution in [0.25, 0.3) is 0 Å². The van der Waals surface area contributed by atoms with Crippen LogP contribution >= 0.6 is 0 Å². The summed E-state index contributed by atoms with van der Waals surface area (Å²) >= 11 is 0. The lowest BCUT2D eigenvalue weighted by molar-refractivity contribution is -0.0172. The van der Waals surface area contributed by atoms with Gasteiger partial charge in [-0.1, -0.05) is 6.92 Å². The maximum atomic E-state index is 5.84. The summed E-state index contributed by atoms with van der Waals surface area (Å²) in [4.78, 5) is 2.38. The highest BCUT2D eigenvalue weighted by Crippen LogP contribution is 2.22. The summed E-state index contributed by atoms with van der Waals surface area (Å²) < 4.78 is 5.84. The Morgan fingerprint density at radius 1 is 1.31 bits per heavy atom. The summed E-state index contributed by atoms with van der Waals surface area (Å²) in [6.07, 6.45) is 1.72. The molecule has 1 aromatic rings. The van der Waals surface area contributed by atoms with Crippen LogP contribution in [0.4, 0.5) is 11.4 Å². The number of hydrogen-bond donors (Lipinski definition) is 1. The number of anilines is 2. The van der Waals surface area contributed by atoms with Crippen LogP contribution in [0.3, 0.4) is 0 Å². The normalized spacial score (nSPS) is 25.8. The second kappa shape index (κ2) is 4.74. The van der Waals surface area contributed by atoms with Crippen molar-refractivity contribution in [1.82, 2.24) is 0 Å². The summed E-state index contributed by atoms with van der Waals surface area (Å²) in [5.74, 6) is 0. The highest BCUT2D eigenvalue weighted by Gasteiger charge is 2.23. The smallest absolute Gasteiger partial charge is 0.0751 e. The van der Waals surface area contributed by atoms with E-state index in [1.165, 1.54) is 5.69 Å². The first kappa shape index (κ1) is 11.3. The van der Waals surface area contributed by atoms with E-state index in [0.717, 1.165) is 25.2 Å². The van der Waals surface area contributed by atoms with Crippen LogP contribution in [-0.4, -0.2) is 25.3 Å². The van der Waals surface area contributed by atoms with Gasteiger partial charge < -0.3 is 15.4 Å². The molecule has 0 aromatic heterocycles. The monoisotopic (exact) mass is 220 g/mol. The average Bonchev–Trinajstić information content (AvgIpc) is 2.29. The first-order valence-corrected chi connectivity index (χ1v) is 5.95. The molecule has 1 aromatic carbocycles. The third kappa shape index (κ3) is 2.47. The van der Waals surface area contributed by atoms with Crippen molar-refractivity contribution in [2.45, 2.75) is 32.5 Å². The van der Waals surface area contributed by atoms with Gasteiger partial charge in [0.2, 0.25) is 0 Å². The summed E-state index contributed by atoms with van der Waals surface area (Å²) in [5, 5.41) is 0. The van der Waals surface area contributed by atoms with E-state index in [1.54, 1.807) is 0 Å². The summed E-state index contributed by atoms with van der Waals surface area (Å²) in [6, 6.07) is 8.08. The number of ether oxygens (including phenoxy) is 1. The molecule has 0 spiro atoms. The Morgan fingerprint density at radius 3 is 2.62 bits per heavy atom. The zero-order valence-electron chi connectivity index (χ0n) is 10.0. The third-order valence-corrected chi connectivity index (χ3v) is 3.04. The summed E-state index contributed by atoms with van der Waals surface area (Å²) in [6.45, 7) is 6.24. The Morgan fingerprint density at radius 2 is 2.00 bits per heavy atom. The van der Waals surface area contributed by atoms with Crippen LogP contribution < -0.4 is 10.6 Å². The van der Waals surface area contributed by atoms with Crippen molar-refractivity contribution in [3.8, 4) is 0 Å². The van der Waals surface area contributed by atoms with Gasteiger partial charge in [-0.25, -0.2) is 0 Å². The van der Waals surface area contributed by atoms with Crippen LogP contribution in [0.15, 0.2) is 24.3 Å². The van der Waals surface area contributed by atoms with Gasteiger partial charge in [0, 0.05) is 24.5 Å². The molecule has 2 N–H and O–H groups in total. The quantitative estimate of drug-likeness (QED) is 0.777. The fourth-order valence-electron chi connectivity index (χ4n) is 2.17. The number of morpholine rings is 1. The predicted octanol–water partition coefficient (Wildman–Crippen LogP) is 2.27. The number of nitrogens with zero attached hydrogens (tertiary/aromatic N) is 1. The van der Waals surface area contributed by atoms with Gasteiger partial charge >= 0.3 is 0 Å². The average molecular weight is 220 g/mol. The zero-order valence-corrected chi connectivity index (χ0v) is 10.0. The fourth-order valence-corrected chi connectivity index (χ4v) is 2.17. The van der Waals surface area contributed by atoms with Crippen molar-refractivity contribution in [3.63, 3.8) is 0 Å². The van der Waals surface area contributed by atoms with Gasteiger partial charge in [0.05, 0.1) is 12.2 Å². The van der Waals surface area contributed by atoms with Gasteiger partial charge in [-0.05, 0) is 37.6 Å². The molecule has 1 fully saturated rings. The van der Waals surface area contributed by atoms with Gasteiger partial charge in [0.1, 0.15) is 0 Å². The van der Waals surface area contributed by atoms with Crippen molar-refractivity contribution in [3.05, 3.63) is 24.3 Å². The van der Waals surface area contributed by atoms with Gasteiger partial charge in [-0.2, -0.15) is 0 Å². The van der Waals surface area contributed by atoms with Crippen molar-refractivity contribution in [2.24, 2.45) is 0 Å². The Hall–Kier alpha value is -1.22. The van der Waals surface area contributed by atoms with Crippen molar-refractivity contribution in [2.75, 3.05) is 23.7 Å². The molecule has 1 aliphatic rings. The fraction of sp³-hybridized carbons (Fsp3) is 0.538. The van der Waals surface area contributed by atoms with Gasteiger partial charge in [-0.15, -0.1) is 0 Å². The maximum Gasteiger partial charge on any atom is 0.0751 e. The lowest BCUT2D eigenvalue weighted by Crippen LogP contribution is -2.46. The van der Waals surface area contributed by atoms with Crippen LogP contribution in [0.5, 0.6) is 0 Å². The number of rotatable bonds is 2. The molecular formula is C13H20N2O. The lowest BCUT2D eigenvalue weighted by Gasteiger charge is -2.38. The Balaban J connectivity index is 2.11. The molecule has 0 aliphatic carbocycles. The molecule has 0 bridgehead atoms. The molecule has 2 rings (SSSR count). The van der Waals surface area contributed by atoms with E-state index >= 15 is 0 Å².